The van der Waals surface area contributed by atoms with E-state index in [2.05, 4.69) is 0 Å². The number of carbonyl (C=O) groups excluding carboxylic acids is 1. The molecule has 1 unspecified atom stereocenters. The molecule has 0 aliphatic heterocycles. The van der Waals surface area contributed by atoms with Crippen molar-refractivity contribution in [1.29, 1.82) is 10.8 Å². The molecule has 1 atom stereocenters. The van der Waals surface area contributed by atoms with Crippen molar-refractivity contribution in [3.8, 4) is 0 Å². The lowest BCUT2D eigenvalue weighted by Gasteiger charge is -2.04. The monoisotopic (exact) mass is 160 g/mol. The van der Waals surface area contributed by atoms with Gasteiger partial charge in [0.1, 0.15) is 5.38 Å². The SMILES string of the molecule is CC(=N)C(Cl)C(=N)C(C)=O. The molecule has 10 heavy (non-hydrogen) atoms. The molecule has 3 nitrogen and oxygen atoms in total. The van der Waals surface area contributed by atoms with Crippen LogP contribution < -0.4 is 0 Å². The van der Waals surface area contributed by atoms with Gasteiger partial charge >= 0.3 is 0 Å². The molecule has 0 radical (unpaired) electrons. The molecule has 0 fully saturated rings. The summed E-state index contributed by atoms with van der Waals surface area (Å²) in [5.74, 6) is -0.383. The van der Waals surface area contributed by atoms with Crippen molar-refractivity contribution in [3.63, 3.8) is 0 Å². The minimum absolute atomic E-state index is 0.127. The Hall–Kier alpha value is -0.700. The summed E-state index contributed by atoms with van der Waals surface area (Å²) in [6.45, 7) is 2.73. The molecule has 0 bridgehead atoms. The highest BCUT2D eigenvalue weighted by Gasteiger charge is 2.16. The van der Waals surface area contributed by atoms with Crippen LogP contribution in [0, 0.1) is 10.8 Å². The van der Waals surface area contributed by atoms with Crippen molar-refractivity contribution in [2.24, 2.45) is 0 Å². The molecule has 0 saturated carbocycles. The lowest BCUT2D eigenvalue weighted by atomic mass is 10.1. The van der Waals surface area contributed by atoms with Crippen molar-refractivity contribution in [2.45, 2.75) is 19.2 Å². The quantitative estimate of drug-likeness (QED) is 0.474. The third-order valence-electron chi connectivity index (χ3n) is 1.01. The highest BCUT2D eigenvalue weighted by Crippen LogP contribution is 2.00. The Kier molecular flexibility index (Phi) is 3.22. The van der Waals surface area contributed by atoms with Crippen LogP contribution in [-0.2, 0) is 4.79 Å². The third-order valence-corrected chi connectivity index (χ3v) is 1.56. The first-order valence-corrected chi connectivity index (χ1v) is 3.19. The van der Waals surface area contributed by atoms with Crippen LogP contribution in [0.4, 0.5) is 0 Å². The summed E-state index contributed by atoms with van der Waals surface area (Å²) in [5.41, 5.74) is -0.0870. The van der Waals surface area contributed by atoms with E-state index in [9.17, 15) is 4.79 Å². The van der Waals surface area contributed by atoms with Crippen LogP contribution in [0.2, 0.25) is 0 Å². The van der Waals surface area contributed by atoms with Crippen molar-refractivity contribution in [1.82, 2.24) is 0 Å². The van der Waals surface area contributed by atoms with Crippen LogP contribution in [0.25, 0.3) is 0 Å². The van der Waals surface area contributed by atoms with Crippen molar-refractivity contribution in [3.05, 3.63) is 0 Å². The maximum absolute atomic E-state index is 10.5. The van der Waals surface area contributed by atoms with Gasteiger partial charge in [-0.25, -0.2) is 0 Å². The predicted octanol–water partition coefficient (Wildman–Crippen LogP) is 1.24. The molecule has 4 heteroatoms. The van der Waals surface area contributed by atoms with Crippen LogP contribution in [0.15, 0.2) is 0 Å². The van der Waals surface area contributed by atoms with Gasteiger partial charge in [0.2, 0.25) is 0 Å². The van der Waals surface area contributed by atoms with E-state index in [1.807, 2.05) is 0 Å². The molecule has 0 aliphatic rings. The summed E-state index contributed by atoms with van der Waals surface area (Å²) in [4.78, 5) is 10.5. The molecule has 0 saturated heterocycles. The van der Waals surface area contributed by atoms with E-state index in [1.54, 1.807) is 0 Å². The first-order valence-electron chi connectivity index (χ1n) is 2.75. The zero-order valence-electron chi connectivity index (χ0n) is 5.86. The van der Waals surface area contributed by atoms with Crippen molar-refractivity contribution < 1.29 is 4.79 Å². The van der Waals surface area contributed by atoms with Crippen molar-refractivity contribution >= 4 is 28.8 Å². The van der Waals surface area contributed by atoms with Gasteiger partial charge in [-0.15, -0.1) is 11.6 Å². The molecule has 56 valence electrons. The number of ketones is 1. The smallest absolute Gasteiger partial charge is 0.175 e. The molecule has 0 aromatic carbocycles. The Morgan fingerprint density at radius 1 is 1.40 bits per heavy atom. The van der Waals surface area contributed by atoms with Crippen LogP contribution in [0.3, 0.4) is 0 Å². The first-order chi connectivity index (χ1) is 4.46. The van der Waals surface area contributed by atoms with E-state index in [4.69, 9.17) is 22.4 Å². The lowest BCUT2D eigenvalue weighted by Crippen LogP contribution is -2.26. The van der Waals surface area contributed by atoms with Crippen LogP contribution in [0.5, 0.6) is 0 Å². The third kappa shape index (κ3) is 2.27. The van der Waals surface area contributed by atoms with Crippen LogP contribution in [0.1, 0.15) is 13.8 Å². The summed E-state index contributed by atoms with van der Waals surface area (Å²) in [7, 11) is 0. The number of rotatable bonds is 3. The minimum atomic E-state index is -0.850. The Morgan fingerprint density at radius 2 is 1.80 bits per heavy atom. The summed E-state index contributed by atoms with van der Waals surface area (Å²) in [6.07, 6.45) is 0. The highest BCUT2D eigenvalue weighted by atomic mass is 35.5. The zero-order chi connectivity index (χ0) is 8.31. The standard InChI is InChI=1S/C6H9ClN2O/c1-3(8)5(7)6(9)4(2)10/h5,8-9H,1-2H3. The number of Topliss-reactive ketones (excluding diaryl/α,β-unsaturated/α-hetero) is 1. The Balaban J connectivity index is 4.22. The Labute approximate surface area is 64.4 Å². The van der Waals surface area contributed by atoms with Gasteiger partial charge in [-0.2, -0.15) is 0 Å². The summed E-state index contributed by atoms with van der Waals surface area (Å²) >= 11 is 5.49. The highest BCUT2D eigenvalue weighted by molar-refractivity contribution is 6.56. The normalized spacial score (nSPS) is 12.3. The van der Waals surface area contributed by atoms with E-state index in [0.717, 1.165) is 0 Å². The largest absolute Gasteiger partial charge is 0.308 e. The van der Waals surface area contributed by atoms with Gasteiger partial charge in [0.15, 0.2) is 5.78 Å². The molecule has 0 heterocycles. The molecule has 0 aliphatic carbocycles. The van der Waals surface area contributed by atoms with Gasteiger partial charge in [0.25, 0.3) is 0 Å². The fraction of sp³-hybridized carbons (Fsp3) is 0.500. The zero-order valence-corrected chi connectivity index (χ0v) is 6.62. The van der Waals surface area contributed by atoms with E-state index < -0.39 is 5.38 Å². The topological polar surface area (TPSA) is 64.8 Å². The lowest BCUT2D eigenvalue weighted by molar-refractivity contribution is -0.111. The fourth-order valence-corrected chi connectivity index (χ4v) is 0.549. The second kappa shape index (κ2) is 3.46. The van der Waals surface area contributed by atoms with Crippen molar-refractivity contribution in [2.75, 3.05) is 0 Å². The predicted molar refractivity (Wildman–Crippen MR) is 41.4 cm³/mol. The second-order valence-corrected chi connectivity index (χ2v) is 2.45. The van der Waals surface area contributed by atoms with Gasteiger partial charge in [-0.1, -0.05) is 0 Å². The van der Waals surface area contributed by atoms with E-state index in [0.29, 0.717) is 0 Å². The molecular formula is C6H9ClN2O. The van der Waals surface area contributed by atoms with E-state index >= 15 is 0 Å². The molecule has 2 N–H and O–H groups in total. The maximum Gasteiger partial charge on any atom is 0.175 e. The summed E-state index contributed by atoms with van der Waals surface area (Å²) in [6, 6.07) is 0. The van der Waals surface area contributed by atoms with E-state index in [-0.39, 0.29) is 17.2 Å². The average Bonchev–Trinajstić information content (AvgIpc) is 1.84. The van der Waals surface area contributed by atoms with Gasteiger partial charge in [-0.3, -0.25) is 10.2 Å². The Bertz CT molecular complexity index is 188. The number of halogens is 1. The first kappa shape index (κ1) is 9.30. The Morgan fingerprint density at radius 3 is 1.90 bits per heavy atom. The number of carbonyl (C=O) groups is 1. The van der Waals surface area contributed by atoms with Crippen LogP contribution in [-0.4, -0.2) is 22.6 Å². The fourth-order valence-electron chi connectivity index (χ4n) is 0.395. The summed E-state index contributed by atoms with van der Waals surface area (Å²) in [5, 5.41) is 13.2. The van der Waals surface area contributed by atoms with Gasteiger partial charge < -0.3 is 5.41 Å². The number of hydrogen-bond acceptors (Lipinski definition) is 3. The van der Waals surface area contributed by atoms with Gasteiger partial charge in [0, 0.05) is 12.6 Å². The molecule has 0 aromatic rings. The average molecular weight is 161 g/mol. The molecule has 0 spiro atoms. The molecular weight excluding hydrogens is 152 g/mol. The molecule has 0 aromatic heterocycles. The van der Waals surface area contributed by atoms with Gasteiger partial charge in [0.05, 0.1) is 5.71 Å². The number of hydrogen-bond donors (Lipinski definition) is 2. The van der Waals surface area contributed by atoms with Gasteiger partial charge in [-0.05, 0) is 6.92 Å². The molecule has 0 amide bonds. The number of alkyl halides is 1. The maximum atomic E-state index is 10.5. The van der Waals surface area contributed by atoms with Crippen LogP contribution >= 0.6 is 11.6 Å². The minimum Gasteiger partial charge on any atom is -0.308 e. The van der Waals surface area contributed by atoms with E-state index in [1.165, 1.54) is 13.8 Å². The molecule has 0 rings (SSSR count). The number of nitrogens with one attached hydrogen (secondary N) is 2. The second-order valence-electron chi connectivity index (χ2n) is 2.02. The summed E-state index contributed by atoms with van der Waals surface area (Å²) < 4.78 is 0.